The number of rotatable bonds is 4. The van der Waals surface area contributed by atoms with Crippen molar-refractivity contribution in [2.24, 2.45) is 0 Å². The number of nitrogens with zero attached hydrogens (tertiary/aromatic N) is 2. The second kappa shape index (κ2) is 5.24. The molecule has 1 unspecified atom stereocenters. The number of thiazole rings is 1. The third-order valence-corrected chi connectivity index (χ3v) is 4.61. The molecule has 1 aliphatic rings. The first kappa shape index (κ1) is 11.9. The Labute approximate surface area is 112 Å². The van der Waals surface area contributed by atoms with Crippen LogP contribution < -0.4 is 10.2 Å². The van der Waals surface area contributed by atoms with Gasteiger partial charge in [-0.2, -0.15) is 0 Å². The van der Waals surface area contributed by atoms with Crippen LogP contribution in [0, 0.1) is 0 Å². The van der Waals surface area contributed by atoms with E-state index < -0.39 is 0 Å². The zero-order chi connectivity index (χ0) is 12.4. The van der Waals surface area contributed by atoms with Gasteiger partial charge >= 0.3 is 0 Å². The molecule has 1 aromatic carbocycles. The van der Waals surface area contributed by atoms with Crippen molar-refractivity contribution in [1.29, 1.82) is 0 Å². The number of hydrogen-bond acceptors (Lipinski definition) is 4. The van der Waals surface area contributed by atoms with E-state index in [1.807, 2.05) is 11.3 Å². The summed E-state index contributed by atoms with van der Waals surface area (Å²) in [5.74, 6) is 0. The van der Waals surface area contributed by atoms with E-state index in [0.717, 1.165) is 25.2 Å². The molecule has 1 aromatic heterocycles. The van der Waals surface area contributed by atoms with Crippen molar-refractivity contribution in [3.8, 4) is 0 Å². The van der Waals surface area contributed by atoms with Crippen LogP contribution in [0.5, 0.6) is 0 Å². The smallest absolute Gasteiger partial charge is 0.186 e. The predicted octanol–water partition coefficient (Wildman–Crippen LogP) is 2.87. The van der Waals surface area contributed by atoms with E-state index in [0.29, 0.717) is 6.04 Å². The summed E-state index contributed by atoms with van der Waals surface area (Å²) in [6, 6.07) is 9.03. The van der Waals surface area contributed by atoms with Crippen LogP contribution in [0.1, 0.15) is 19.8 Å². The number of benzene rings is 1. The van der Waals surface area contributed by atoms with Crippen molar-refractivity contribution in [2.75, 3.05) is 24.5 Å². The van der Waals surface area contributed by atoms with Crippen LogP contribution >= 0.6 is 11.3 Å². The predicted molar refractivity (Wildman–Crippen MR) is 78.5 cm³/mol. The molecule has 2 heterocycles. The van der Waals surface area contributed by atoms with Gasteiger partial charge in [0.2, 0.25) is 0 Å². The molecule has 2 aromatic rings. The highest BCUT2D eigenvalue weighted by molar-refractivity contribution is 7.22. The average Bonchev–Trinajstić information content (AvgIpc) is 3.01. The molecule has 3 nitrogen and oxygen atoms in total. The molecule has 1 saturated heterocycles. The monoisotopic (exact) mass is 261 g/mol. The molecular weight excluding hydrogens is 242 g/mol. The maximum Gasteiger partial charge on any atom is 0.186 e. The van der Waals surface area contributed by atoms with Gasteiger partial charge in [-0.3, -0.25) is 0 Å². The zero-order valence-corrected chi connectivity index (χ0v) is 11.5. The molecule has 18 heavy (non-hydrogen) atoms. The van der Waals surface area contributed by atoms with Crippen LogP contribution in [-0.2, 0) is 0 Å². The summed E-state index contributed by atoms with van der Waals surface area (Å²) in [5, 5.41) is 4.65. The van der Waals surface area contributed by atoms with Gasteiger partial charge in [0.05, 0.1) is 10.2 Å². The normalized spacial score (nSPS) is 19.8. The molecule has 0 spiro atoms. The molecule has 1 fully saturated rings. The highest BCUT2D eigenvalue weighted by Crippen LogP contribution is 2.32. The Morgan fingerprint density at radius 3 is 3.17 bits per heavy atom. The molecule has 0 saturated carbocycles. The fourth-order valence-corrected chi connectivity index (χ4v) is 3.66. The number of likely N-dealkylation sites (N-methyl/N-ethyl adjacent to an activating group) is 1. The number of fused-ring (bicyclic) bond motifs is 1. The number of nitrogens with one attached hydrogen (secondary N) is 1. The van der Waals surface area contributed by atoms with E-state index in [2.05, 4.69) is 41.4 Å². The maximum absolute atomic E-state index is 4.77. The van der Waals surface area contributed by atoms with Crippen LogP contribution in [0.2, 0.25) is 0 Å². The lowest BCUT2D eigenvalue weighted by atomic mass is 10.2. The van der Waals surface area contributed by atoms with Crippen LogP contribution in [0.15, 0.2) is 24.3 Å². The van der Waals surface area contributed by atoms with E-state index in [1.165, 1.54) is 22.7 Å². The third kappa shape index (κ3) is 2.22. The molecule has 1 N–H and O–H groups in total. The van der Waals surface area contributed by atoms with Gasteiger partial charge in [-0.15, -0.1) is 0 Å². The third-order valence-electron chi connectivity index (χ3n) is 3.54. The summed E-state index contributed by atoms with van der Waals surface area (Å²) in [6.45, 7) is 5.43. The van der Waals surface area contributed by atoms with Crippen molar-refractivity contribution in [3.63, 3.8) is 0 Å². The number of para-hydroxylation sites is 1. The quantitative estimate of drug-likeness (QED) is 0.917. The standard InChI is InChI=1S/C14H19N3S/c1-2-15-10-11-6-5-9-17(11)14-16-12-7-3-4-8-13(12)18-14/h3-4,7-8,11,15H,2,5-6,9-10H2,1H3. The lowest BCUT2D eigenvalue weighted by Gasteiger charge is -2.24. The summed E-state index contributed by atoms with van der Waals surface area (Å²) in [5.41, 5.74) is 1.13. The lowest BCUT2D eigenvalue weighted by Crippen LogP contribution is -2.37. The van der Waals surface area contributed by atoms with E-state index in [4.69, 9.17) is 4.98 Å². The summed E-state index contributed by atoms with van der Waals surface area (Å²) in [6.07, 6.45) is 2.56. The molecular formula is C14H19N3S. The number of anilines is 1. The molecule has 3 rings (SSSR count). The van der Waals surface area contributed by atoms with Gasteiger partial charge in [0, 0.05) is 19.1 Å². The summed E-state index contributed by atoms with van der Waals surface area (Å²) >= 11 is 1.82. The molecule has 96 valence electrons. The van der Waals surface area contributed by atoms with Gasteiger partial charge in [0.1, 0.15) is 0 Å². The lowest BCUT2D eigenvalue weighted by molar-refractivity contribution is 0.587. The largest absolute Gasteiger partial charge is 0.344 e. The summed E-state index contributed by atoms with van der Waals surface area (Å²) in [4.78, 5) is 7.25. The molecule has 0 bridgehead atoms. The molecule has 1 atom stereocenters. The van der Waals surface area contributed by atoms with Crippen molar-refractivity contribution in [1.82, 2.24) is 10.3 Å². The molecule has 1 aliphatic heterocycles. The minimum Gasteiger partial charge on any atom is -0.344 e. The van der Waals surface area contributed by atoms with Crippen molar-refractivity contribution < 1.29 is 0 Å². The first-order valence-corrected chi connectivity index (χ1v) is 7.53. The second-order valence-corrected chi connectivity index (χ2v) is 5.77. The first-order chi connectivity index (χ1) is 8.88. The Balaban J connectivity index is 1.84. The fraction of sp³-hybridized carbons (Fsp3) is 0.500. The van der Waals surface area contributed by atoms with E-state index >= 15 is 0 Å². The van der Waals surface area contributed by atoms with Gasteiger partial charge in [-0.05, 0) is 31.5 Å². The Bertz CT molecular complexity index is 489. The summed E-state index contributed by atoms with van der Waals surface area (Å²) < 4.78 is 1.29. The van der Waals surface area contributed by atoms with Crippen molar-refractivity contribution in [3.05, 3.63) is 24.3 Å². The zero-order valence-electron chi connectivity index (χ0n) is 10.7. The van der Waals surface area contributed by atoms with E-state index in [1.54, 1.807) is 0 Å². The first-order valence-electron chi connectivity index (χ1n) is 6.71. The molecule has 4 heteroatoms. The average molecular weight is 261 g/mol. The highest BCUT2D eigenvalue weighted by atomic mass is 32.1. The van der Waals surface area contributed by atoms with Gasteiger partial charge in [0.15, 0.2) is 5.13 Å². The summed E-state index contributed by atoms with van der Waals surface area (Å²) in [7, 11) is 0. The maximum atomic E-state index is 4.77. The van der Waals surface area contributed by atoms with Crippen LogP contribution in [0.3, 0.4) is 0 Å². The van der Waals surface area contributed by atoms with Crippen LogP contribution in [0.25, 0.3) is 10.2 Å². The Hall–Kier alpha value is -1.13. The highest BCUT2D eigenvalue weighted by Gasteiger charge is 2.26. The SMILES string of the molecule is CCNCC1CCCN1c1nc2ccccc2s1. The fourth-order valence-electron chi connectivity index (χ4n) is 2.59. The van der Waals surface area contributed by atoms with E-state index in [9.17, 15) is 0 Å². The topological polar surface area (TPSA) is 28.2 Å². The minimum absolute atomic E-state index is 0.616. The van der Waals surface area contributed by atoms with Crippen LogP contribution in [-0.4, -0.2) is 30.7 Å². The van der Waals surface area contributed by atoms with Gasteiger partial charge in [-0.1, -0.05) is 30.4 Å². The Morgan fingerprint density at radius 2 is 2.33 bits per heavy atom. The van der Waals surface area contributed by atoms with Crippen LogP contribution in [0.4, 0.5) is 5.13 Å². The Morgan fingerprint density at radius 1 is 1.44 bits per heavy atom. The van der Waals surface area contributed by atoms with Gasteiger partial charge in [0.25, 0.3) is 0 Å². The number of aromatic nitrogens is 1. The molecule has 0 aliphatic carbocycles. The van der Waals surface area contributed by atoms with Gasteiger partial charge in [-0.25, -0.2) is 4.98 Å². The molecule has 0 radical (unpaired) electrons. The van der Waals surface area contributed by atoms with Crippen molar-refractivity contribution in [2.45, 2.75) is 25.8 Å². The second-order valence-electron chi connectivity index (χ2n) is 4.76. The minimum atomic E-state index is 0.616. The number of hydrogen-bond donors (Lipinski definition) is 1. The van der Waals surface area contributed by atoms with E-state index in [-0.39, 0.29) is 0 Å². The van der Waals surface area contributed by atoms with Gasteiger partial charge < -0.3 is 10.2 Å². The Kier molecular flexibility index (Phi) is 3.48. The molecule has 0 amide bonds. The van der Waals surface area contributed by atoms with Crippen molar-refractivity contribution >= 4 is 26.7 Å².